The number of ether oxygens (including phenoxy) is 1. The first-order chi connectivity index (χ1) is 16.7. The van der Waals surface area contributed by atoms with Crippen LogP contribution in [-0.4, -0.2) is 23.4 Å². The zero-order valence-corrected chi connectivity index (χ0v) is 19.1. The van der Waals surface area contributed by atoms with Crippen LogP contribution in [0.1, 0.15) is 43.4 Å². The number of amides is 2. The van der Waals surface area contributed by atoms with Crippen molar-refractivity contribution in [3.8, 4) is 11.1 Å². The smallest absolute Gasteiger partial charge is 0.411 e. The highest BCUT2D eigenvalue weighted by Crippen LogP contribution is 2.40. The molecule has 0 saturated carbocycles. The Labute approximate surface area is 201 Å². The number of nitrogens with two attached hydrogens (primary N) is 1. The van der Waals surface area contributed by atoms with Crippen LogP contribution in [0.15, 0.2) is 66.7 Å². The highest BCUT2D eigenvalue weighted by molar-refractivity contribution is 5.74. The lowest BCUT2D eigenvalue weighted by Crippen LogP contribution is -2.49. The van der Waals surface area contributed by atoms with Gasteiger partial charge in [0.25, 0.3) is 0 Å². The number of rotatable bonds is 7. The molecular formula is C27H25F3N2O3. The van der Waals surface area contributed by atoms with Gasteiger partial charge in [0.05, 0.1) is 6.04 Å². The fraction of sp³-hybridized carbons (Fsp3) is 0.259. The van der Waals surface area contributed by atoms with Crippen molar-refractivity contribution in [1.82, 2.24) is 4.90 Å². The van der Waals surface area contributed by atoms with Crippen molar-refractivity contribution in [2.75, 3.05) is 6.54 Å². The van der Waals surface area contributed by atoms with E-state index in [-0.39, 0.29) is 24.4 Å². The number of carbonyl (C=O) groups is 2. The van der Waals surface area contributed by atoms with E-state index in [1.54, 1.807) is 41.3 Å². The van der Waals surface area contributed by atoms with Gasteiger partial charge < -0.3 is 15.4 Å². The standard InChI is InChI=1S/C27H25F3N2O3/c1-17(18-2-4-19(5-3-18)23-11-10-22(29)16-24(23)30)32-15-14-27(35-26(32)34,13-12-25(31)33)20-6-8-21(28)9-7-20/h2-11,16-17H,12-15H2,1H3,(H2,31,33)/t17-,27?/m0/s1. The molecule has 1 aliphatic rings. The molecule has 3 aromatic rings. The van der Waals surface area contributed by atoms with E-state index in [0.29, 0.717) is 24.1 Å². The Balaban J connectivity index is 1.53. The third-order valence-corrected chi connectivity index (χ3v) is 6.52. The molecule has 0 aliphatic carbocycles. The zero-order chi connectivity index (χ0) is 25.2. The number of nitrogens with zero attached hydrogens (tertiary/aromatic N) is 1. The second-order valence-corrected chi connectivity index (χ2v) is 8.70. The van der Waals surface area contributed by atoms with Crippen LogP contribution in [0.25, 0.3) is 11.1 Å². The predicted octanol–water partition coefficient (Wildman–Crippen LogP) is 5.84. The quantitative estimate of drug-likeness (QED) is 0.460. The van der Waals surface area contributed by atoms with Crippen LogP contribution in [-0.2, 0) is 15.1 Å². The Morgan fingerprint density at radius 1 is 1.03 bits per heavy atom. The summed E-state index contributed by atoms with van der Waals surface area (Å²) in [6.07, 6.45) is 0.0358. The minimum Gasteiger partial charge on any atom is -0.438 e. The van der Waals surface area contributed by atoms with Crippen molar-refractivity contribution >= 4 is 12.0 Å². The van der Waals surface area contributed by atoms with Crippen molar-refractivity contribution < 1.29 is 27.5 Å². The molecule has 2 atom stereocenters. The number of cyclic esters (lactones) is 1. The molecule has 1 fully saturated rings. The van der Waals surface area contributed by atoms with Gasteiger partial charge in [0.2, 0.25) is 5.91 Å². The molecule has 2 N–H and O–H groups in total. The summed E-state index contributed by atoms with van der Waals surface area (Å²) in [6, 6.07) is 15.7. The molecule has 5 nitrogen and oxygen atoms in total. The highest BCUT2D eigenvalue weighted by Gasteiger charge is 2.43. The minimum absolute atomic E-state index is 0.0155. The van der Waals surface area contributed by atoms with Crippen LogP contribution in [0.2, 0.25) is 0 Å². The van der Waals surface area contributed by atoms with Gasteiger partial charge in [-0.25, -0.2) is 18.0 Å². The molecule has 0 radical (unpaired) electrons. The summed E-state index contributed by atoms with van der Waals surface area (Å²) in [6.45, 7) is 2.19. The summed E-state index contributed by atoms with van der Waals surface area (Å²) in [5, 5.41) is 0. The number of hydrogen-bond acceptors (Lipinski definition) is 3. The molecule has 1 saturated heterocycles. The maximum Gasteiger partial charge on any atom is 0.411 e. The average Bonchev–Trinajstić information content (AvgIpc) is 2.83. The molecule has 4 rings (SSSR count). The van der Waals surface area contributed by atoms with Crippen LogP contribution in [0.3, 0.4) is 0 Å². The van der Waals surface area contributed by atoms with E-state index in [4.69, 9.17) is 10.5 Å². The van der Waals surface area contributed by atoms with Crippen LogP contribution in [0.5, 0.6) is 0 Å². The second kappa shape index (κ2) is 9.82. The van der Waals surface area contributed by atoms with Crippen LogP contribution in [0, 0.1) is 17.5 Å². The first-order valence-corrected chi connectivity index (χ1v) is 11.3. The average molecular weight is 483 g/mol. The topological polar surface area (TPSA) is 72.6 Å². The zero-order valence-electron chi connectivity index (χ0n) is 19.1. The van der Waals surface area contributed by atoms with Gasteiger partial charge in [0.15, 0.2) is 0 Å². The molecule has 1 aliphatic heterocycles. The van der Waals surface area contributed by atoms with Gasteiger partial charge in [-0.3, -0.25) is 4.79 Å². The fourth-order valence-electron chi connectivity index (χ4n) is 4.47. The van der Waals surface area contributed by atoms with Crippen molar-refractivity contribution in [2.24, 2.45) is 5.73 Å². The monoisotopic (exact) mass is 482 g/mol. The van der Waals surface area contributed by atoms with Gasteiger partial charge in [-0.05, 0) is 47.9 Å². The molecule has 3 aromatic carbocycles. The van der Waals surface area contributed by atoms with Crippen LogP contribution >= 0.6 is 0 Å². The summed E-state index contributed by atoms with van der Waals surface area (Å²) in [5.74, 6) is -2.23. The van der Waals surface area contributed by atoms with Gasteiger partial charge in [-0.15, -0.1) is 0 Å². The summed E-state index contributed by atoms with van der Waals surface area (Å²) in [7, 11) is 0. The fourth-order valence-corrected chi connectivity index (χ4v) is 4.47. The largest absolute Gasteiger partial charge is 0.438 e. The van der Waals surface area contributed by atoms with Gasteiger partial charge in [0, 0.05) is 37.4 Å². The maximum atomic E-state index is 14.1. The van der Waals surface area contributed by atoms with Crippen molar-refractivity contribution in [1.29, 1.82) is 0 Å². The van der Waals surface area contributed by atoms with E-state index in [2.05, 4.69) is 0 Å². The predicted molar refractivity (Wildman–Crippen MR) is 125 cm³/mol. The van der Waals surface area contributed by atoms with Gasteiger partial charge in [0.1, 0.15) is 23.1 Å². The Hall–Kier alpha value is -3.81. The van der Waals surface area contributed by atoms with Crippen molar-refractivity contribution in [3.63, 3.8) is 0 Å². The van der Waals surface area contributed by atoms with Crippen LogP contribution < -0.4 is 5.73 Å². The summed E-state index contributed by atoms with van der Waals surface area (Å²) < 4.78 is 46.7. The van der Waals surface area contributed by atoms with Crippen molar-refractivity contribution in [2.45, 2.75) is 37.8 Å². The maximum absolute atomic E-state index is 14.1. The molecule has 35 heavy (non-hydrogen) atoms. The van der Waals surface area contributed by atoms with Crippen molar-refractivity contribution in [3.05, 3.63) is 95.3 Å². The highest BCUT2D eigenvalue weighted by atomic mass is 19.1. The lowest BCUT2D eigenvalue weighted by atomic mass is 9.84. The summed E-state index contributed by atoms with van der Waals surface area (Å²) in [5.41, 5.74) is 6.52. The lowest BCUT2D eigenvalue weighted by Gasteiger charge is -2.43. The van der Waals surface area contributed by atoms with E-state index in [1.807, 2.05) is 6.92 Å². The lowest BCUT2D eigenvalue weighted by molar-refractivity contribution is -0.121. The van der Waals surface area contributed by atoms with Gasteiger partial charge in [-0.2, -0.15) is 0 Å². The first kappa shape index (κ1) is 24.3. The number of primary amides is 1. The SMILES string of the molecule is C[C@@H](c1ccc(-c2ccc(F)cc2F)cc1)N1CCC(CCC(N)=O)(c2ccc(F)cc2)OC1=O. The number of halogens is 3. The normalized spacial score (nSPS) is 18.7. The Bertz CT molecular complexity index is 1230. The van der Waals surface area contributed by atoms with E-state index < -0.39 is 35.1 Å². The molecule has 0 bridgehead atoms. The van der Waals surface area contributed by atoms with E-state index in [9.17, 15) is 22.8 Å². The molecule has 1 heterocycles. The third-order valence-electron chi connectivity index (χ3n) is 6.52. The second-order valence-electron chi connectivity index (χ2n) is 8.70. The molecule has 2 amide bonds. The van der Waals surface area contributed by atoms with Crippen LogP contribution in [0.4, 0.5) is 18.0 Å². The first-order valence-electron chi connectivity index (χ1n) is 11.3. The number of hydrogen-bond donors (Lipinski definition) is 1. The minimum atomic E-state index is -1.08. The molecule has 182 valence electrons. The summed E-state index contributed by atoms with van der Waals surface area (Å²) >= 11 is 0. The molecule has 8 heteroatoms. The number of carbonyl (C=O) groups excluding carboxylic acids is 2. The summed E-state index contributed by atoms with van der Waals surface area (Å²) in [4.78, 5) is 26.1. The Morgan fingerprint density at radius 3 is 2.29 bits per heavy atom. The molecule has 1 unspecified atom stereocenters. The molecule has 0 aromatic heterocycles. The van der Waals surface area contributed by atoms with E-state index in [1.165, 1.54) is 24.3 Å². The van der Waals surface area contributed by atoms with E-state index >= 15 is 0 Å². The Kier molecular flexibility index (Phi) is 6.82. The third kappa shape index (κ3) is 5.16. The molecule has 0 spiro atoms. The Morgan fingerprint density at radius 2 is 1.69 bits per heavy atom. The van der Waals surface area contributed by atoms with Gasteiger partial charge in [-0.1, -0.05) is 36.4 Å². The van der Waals surface area contributed by atoms with Gasteiger partial charge >= 0.3 is 6.09 Å². The number of benzene rings is 3. The molecular weight excluding hydrogens is 457 g/mol. The van der Waals surface area contributed by atoms with E-state index in [0.717, 1.165) is 11.6 Å².